The fourth-order valence-electron chi connectivity index (χ4n) is 4.16. The Morgan fingerprint density at radius 1 is 0.812 bits per heavy atom. The van der Waals surface area contributed by atoms with E-state index in [1.54, 1.807) is 35.8 Å². The van der Waals surface area contributed by atoms with Crippen LogP contribution in [0.4, 0.5) is 0 Å². The number of hydrogen-bond donors (Lipinski definition) is 1. The molecule has 2 amide bonds. The first-order chi connectivity index (χ1) is 15.4. The zero-order valence-corrected chi connectivity index (χ0v) is 18.6. The van der Waals surface area contributed by atoms with Crippen LogP contribution in [0.3, 0.4) is 0 Å². The van der Waals surface area contributed by atoms with E-state index in [2.05, 4.69) is 20.1 Å². The molecule has 0 unspecified atom stereocenters. The molecule has 174 valence electrons. The second-order valence-electron chi connectivity index (χ2n) is 8.50. The number of piperazine rings is 2. The molecule has 2 aliphatic heterocycles. The molecule has 0 aliphatic carbocycles. The molecular formula is C21H30N6O5. The molecule has 32 heavy (non-hydrogen) atoms. The monoisotopic (exact) mass is 446 g/mol. The van der Waals surface area contributed by atoms with Gasteiger partial charge in [0.25, 0.3) is 11.8 Å². The van der Waals surface area contributed by atoms with Gasteiger partial charge in [-0.15, -0.1) is 0 Å². The van der Waals surface area contributed by atoms with E-state index >= 15 is 0 Å². The second kappa shape index (κ2) is 9.80. The van der Waals surface area contributed by atoms with Crippen molar-refractivity contribution < 1.29 is 23.7 Å². The summed E-state index contributed by atoms with van der Waals surface area (Å²) in [6.07, 6.45) is -0.492. The quantitative estimate of drug-likeness (QED) is 0.646. The van der Waals surface area contributed by atoms with Gasteiger partial charge >= 0.3 is 0 Å². The standard InChI is InChI=1S/C21H30N6O5/c1-15-11-18(31-22-15)20(29)26-7-3-24(4-8-26)13-17(28)14-25-5-9-27(10-6-25)21(30)19-12-16(2)23-32-19/h11-12,17,28H,3-10,13-14H2,1-2H3. The zero-order chi connectivity index (χ0) is 22.7. The van der Waals surface area contributed by atoms with Crippen molar-refractivity contribution in [1.82, 2.24) is 29.9 Å². The molecular weight excluding hydrogens is 416 g/mol. The van der Waals surface area contributed by atoms with E-state index in [9.17, 15) is 14.7 Å². The Kier molecular flexibility index (Phi) is 6.87. The van der Waals surface area contributed by atoms with Crippen molar-refractivity contribution in [3.63, 3.8) is 0 Å². The molecule has 2 aromatic heterocycles. The number of rotatable bonds is 6. The molecule has 4 heterocycles. The highest BCUT2D eigenvalue weighted by Crippen LogP contribution is 2.12. The van der Waals surface area contributed by atoms with E-state index in [1.807, 2.05) is 0 Å². The molecule has 2 saturated heterocycles. The summed E-state index contributed by atoms with van der Waals surface area (Å²) in [5.41, 5.74) is 1.38. The molecule has 0 spiro atoms. The number of β-amino-alcohol motifs (C(OH)–C–C–N with tert-alkyl or cyclic N) is 1. The van der Waals surface area contributed by atoms with Gasteiger partial charge in [0.1, 0.15) is 0 Å². The number of aliphatic hydroxyl groups excluding tert-OH is 1. The van der Waals surface area contributed by atoms with Gasteiger partial charge in [0.15, 0.2) is 0 Å². The normalized spacial score (nSPS) is 18.5. The third-order valence-electron chi connectivity index (χ3n) is 5.93. The smallest absolute Gasteiger partial charge is 0.292 e. The SMILES string of the molecule is Cc1cc(C(=O)N2CCN(CC(O)CN3CCN(C(=O)c4cc(C)no4)CC3)CC2)on1. The van der Waals surface area contributed by atoms with Crippen molar-refractivity contribution in [2.24, 2.45) is 0 Å². The van der Waals surface area contributed by atoms with E-state index in [4.69, 9.17) is 9.05 Å². The highest BCUT2D eigenvalue weighted by Gasteiger charge is 2.28. The summed E-state index contributed by atoms with van der Waals surface area (Å²) in [5.74, 6) is 0.261. The highest BCUT2D eigenvalue weighted by atomic mass is 16.5. The third kappa shape index (κ3) is 5.34. The Morgan fingerprint density at radius 3 is 1.50 bits per heavy atom. The maximum atomic E-state index is 12.5. The van der Waals surface area contributed by atoms with Crippen LogP contribution in [0.25, 0.3) is 0 Å². The number of hydrogen-bond acceptors (Lipinski definition) is 9. The van der Waals surface area contributed by atoms with Crippen molar-refractivity contribution in [3.05, 3.63) is 35.0 Å². The number of aryl methyl sites for hydroxylation is 2. The van der Waals surface area contributed by atoms with Gasteiger partial charge in [0, 0.05) is 77.6 Å². The summed E-state index contributed by atoms with van der Waals surface area (Å²) < 4.78 is 10.1. The van der Waals surface area contributed by atoms with Gasteiger partial charge in [0.2, 0.25) is 11.5 Å². The van der Waals surface area contributed by atoms with Gasteiger partial charge in [-0.1, -0.05) is 10.3 Å². The van der Waals surface area contributed by atoms with E-state index in [-0.39, 0.29) is 23.3 Å². The van der Waals surface area contributed by atoms with Crippen molar-refractivity contribution in [2.45, 2.75) is 20.0 Å². The molecule has 0 aromatic carbocycles. The Balaban J connectivity index is 1.16. The lowest BCUT2D eigenvalue weighted by Gasteiger charge is -2.37. The summed E-state index contributed by atoms with van der Waals surface area (Å²) in [6.45, 7) is 9.86. The van der Waals surface area contributed by atoms with Crippen LogP contribution in [0, 0.1) is 13.8 Å². The lowest BCUT2D eigenvalue weighted by molar-refractivity contribution is 0.0305. The first-order valence-electron chi connectivity index (χ1n) is 11.0. The number of aliphatic hydroxyl groups is 1. The molecule has 11 nitrogen and oxygen atoms in total. The molecule has 0 saturated carbocycles. The summed E-state index contributed by atoms with van der Waals surface area (Å²) >= 11 is 0. The zero-order valence-electron chi connectivity index (χ0n) is 18.6. The number of amides is 2. The molecule has 2 aliphatic rings. The average Bonchev–Trinajstić information content (AvgIpc) is 3.42. The molecule has 2 fully saturated rings. The van der Waals surface area contributed by atoms with Crippen molar-refractivity contribution in [1.29, 1.82) is 0 Å². The van der Waals surface area contributed by atoms with Gasteiger partial charge in [-0.05, 0) is 13.8 Å². The van der Waals surface area contributed by atoms with Crippen LogP contribution >= 0.6 is 0 Å². The first-order valence-corrected chi connectivity index (χ1v) is 11.0. The van der Waals surface area contributed by atoms with Crippen LogP contribution in [-0.2, 0) is 0 Å². The van der Waals surface area contributed by atoms with E-state index in [0.717, 1.165) is 0 Å². The van der Waals surface area contributed by atoms with Crippen molar-refractivity contribution >= 4 is 11.8 Å². The summed E-state index contributed by atoms with van der Waals surface area (Å²) in [6, 6.07) is 3.30. The van der Waals surface area contributed by atoms with E-state index in [1.165, 1.54) is 0 Å². The molecule has 0 atom stereocenters. The molecule has 2 aromatic rings. The van der Waals surface area contributed by atoms with Gasteiger partial charge in [-0.3, -0.25) is 19.4 Å². The minimum Gasteiger partial charge on any atom is -0.390 e. The largest absolute Gasteiger partial charge is 0.390 e. The molecule has 1 N–H and O–H groups in total. The molecule has 0 radical (unpaired) electrons. The van der Waals surface area contributed by atoms with Crippen LogP contribution in [0.2, 0.25) is 0 Å². The number of aromatic nitrogens is 2. The van der Waals surface area contributed by atoms with Crippen molar-refractivity contribution in [2.75, 3.05) is 65.4 Å². The second-order valence-corrected chi connectivity index (χ2v) is 8.50. The predicted molar refractivity (Wildman–Crippen MR) is 113 cm³/mol. The number of carbonyl (C=O) groups excluding carboxylic acids is 2. The summed E-state index contributed by atoms with van der Waals surface area (Å²) in [5, 5.41) is 18.1. The van der Waals surface area contributed by atoms with Crippen molar-refractivity contribution in [3.8, 4) is 0 Å². The lowest BCUT2D eigenvalue weighted by Crippen LogP contribution is -2.53. The maximum Gasteiger partial charge on any atom is 0.292 e. The maximum absolute atomic E-state index is 12.5. The lowest BCUT2D eigenvalue weighted by atomic mass is 10.2. The topological polar surface area (TPSA) is 119 Å². The van der Waals surface area contributed by atoms with Gasteiger partial charge in [0.05, 0.1) is 17.5 Å². The Labute approximate surface area is 186 Å². The molecule has 11 heteroatoms. The Morgan fingerprint density at radius 2 is 1.19 bits per heavy atom. The molecule has 0 bridgehead atoms. The van der Waals surface area contributed by atoms with Gasteiger partial charge < -0.3 is 24.0 Å². The third-order valence-corrected chi connectivity index (χ3v) is 5.93. The van der Waals surface area contributed by atoms with Crippen LogP contribution in [0.15, 0.2) is 21.2 Å². The van der Waals surface area contributed by atoms with Crippen LogP contribution in [-0.4, -0.2) is 118 Å². The fraction of sp³-hybridized carbons (Fsp3) is 0.619. The van der Waals surface area contributed by atoms with E-state index < -0.39 is 6.10 Å². The average molecular weight is 447 g/mol. The predicted octanol–water partition coefficient (Wildman–Crippen LogP) is -0.144. The van der Waals surface area contributed by atoms with Crippen LogP contribution in [0.1, 0.15) is 32.5 Å². The summed E-state index contributed by atoms with van der Waals surface area (Å²) in [4.78, 5) is 32.8. The highest BCUT2D eigenvalue weighted by molar-refractivity contribution is 5.92. The fourth-order valence-corrected chi connectivity index (χ4v) is 4.16. The van der Waals surface area contributed by atoms with E-state index in [0.29, 0.717) is 76.8 Å². The molecule has 4 rings (SSSR count). The van der Waals surface area contributed by atoms with Gasteiger partial charge in [-0.2, -0.15) is 0 Å². The Bertz CT molecular complexity index is 853. The Hall–Kier alpha value is -2.76. The summed E-state index contributed by atoms with van der Waals surface area (Å²) in [7, 11) is 0. The first kappa shape index (κ1) is 22.4. The minimum absolute atomic E-state index is 0.140. The van der Waals surface area contributed by atoms with Crippen LogP contribution < -0.4 is 0 Å². The number of nitrogens with zero attached hydrogens (tertiary/aromatic N) is 6. The number of carbonyl (C=O) groups is 2. The van der Waals surface area contributed by atoms with Crippen LogP contribution in [0.5, 0.6) is 0 Å². The minimum atomic E-state index is -0.492. The van der Waals surface area contributed by atoms with Gasteiger partial charge in [-0.25, -0.2) is 0 Å².